The molecule has 0 amide bonds. The first kappa shape index (κ1) is 27.3. The lowest BCUT2D eigenvalue weighted by Gasteiger charge is -2.20. The molecule has 0 spiro atoms. The van der Waals surface area contributed by atoms with E-state index < -0.39 is 10.0 Å². The average molecular weight is 547 g/mol. The van der Waals surface area contributed by atoms with Crippen molar-refractivity contribution >= 4 is 15.8 Å². The van der Waals surface area contributed by atoms with E-state index in [1.54, 1.807) is 36.4 Å². The molecule has 12 heteroatoms. The van der Waals surface area contributed by atoms with Gasteiger partial charge in [-0.2, -0.15) is 13.4 Å². The Morgan fingerprint density at radius 3 is 2.33 bits per heavy atom. The molecule has 1 aromatic carbocycles. The lowest BCUT2D eigenvalue weighted by atomic mass is 9.88. The number of terminal acetylenes is 1. The van der Waals surface area contributed by atoms with Crippen molar-refractivity contribution in [3.8, 4) is 47.1 Å². The van der Waals surface area contributed by atoms with E-state index >= 15 is 0 Å². The number of ether oxygens (including phenoxy) is 3. The van der Waals surface area contributed by atoms with Gasteiger partial charge < -0.3 is 14.2 Å². The number of sulfonamides is 1. The summed E-state index contributed by atoms with van der Waals surface area (Å²) >= 11 is 0. The normalized spacial score (nSPS) is 11.4. The topological polar surface area (TPSA) is 138 Å². The van der Waals surface area contributed by atoms with Gasteiger partial charge in [0.25, 0.3) is 15.9 Å². The van der Waals surface area contributed by atoms with E-state index in [-0.39, 0.29) is 51.9 Å². The minimum absolute atomic E-state index is 0.0240. The smallest absolute Gasteiger partial charge is 0.280 e. The van der Waals surface area contributed by atoms with Crippen LogP contribution in [-0.2, 0) is 15.4 Å². The first-order valence-corrected chi connectivity index (χ1v) is 13.2. The van der Waals surface area contributed by atoms with Crippen LogP contribution in [-0.4, -0.2) is 47.1 Å². The van der Waals surface area contributed by atoms with Crippen molar-refractivity contribution in [1.29, 1.82) is 0 Å². The van der Waals surface area contributed by atoms with Crippen LogP contribution in [0.3, 0.4) is 0 Å². The molecular weight excluding hydrogens is 520 g/mol. The first-order chi connectivity index (χ1) is 18.6. The maximum atomic E-state index is 13.6. The monoisotopic (exact) mass is 546 g/mol. The van der Waals surface area contributed by atoms with Gasteiger partial charge in [-0.1, -0.05) is 38.8 Å². The van der Waals surface area contributed by atoms with Gasteiger partial charge in [0, 0.05) is 18.6 Å². The third-order valence-electron chi connectivity index (χ3n) is 5.28. The second-order valence-electron chi connectivity index (χ2n) is 9.09. The Hall–Kier alpha value is -4.76. The van der Waals surface area contributed by atoms with Crippen molar-refractivity contribution in [1.82, 2.24) is 24.9 Å². The molecule has 0 radical (unpaired) electrons. The molecule has 0 bridgehead atoms. The van der Waals surface area contributed by atoms with Crippen LogP contribution < -0.4 is 18.9 Å². The van der Waals surface area contributed by atoms with Crippen LogP contribution in [0.2, 0.25) is 0 Å². The minimum Gasteiger partial charge on any atom is -0.493 e. The quantitative estimate of drug-likeness (QED) is 0.303. The molecule has 200 valence electrons. The molecule has 1 N–H and O–H groups in total. The summed E-state index contributed by atoms with van der Waals surface area (Å²) in [6.07, 6.45) is 9.85. The van der Waals surface area contributed by atoms with Crippen molar-refractivity contribution in [2.24, 2.45) is 0 Å². The fourth-order valence-electron chi connectivity index (χ4n) is 3.33. The number of pyridine rings is 1. The van der Waals surface area contributed by atoms with Crippen molar-refractivity contribution < 1.29 is 22.6 Å². The number of hydrogen-bond acceptors (Lipinski definition) is 10. The van der Waals surface area contributed by atoms with Gasteiger partial charge >= 0.3 is 0 Å². The van der Waals surface area contributed by atoms with Gasteiger partial charge in [0.2, 0.25) is 11.6 Å². The number of nitrogens with one attached hydrogen (secondary N) is 1. The van der Waals surface area contributed by atoms with Gasteiger partial charge in [0.15, 0.2) is 34.8 Å². The molecule has 0 atom stereocenters. The van der Waals surface area contributed by atoms with Gasteiger partial charge in [-0.05, 0) is 41.3 Å². The Morgan fingerprint density at radius 1 is 0.949 bits per heavy atom. The molecular formula is C27H26N6O5S. The fourth-order valence-corrected chi connectivity index (χ4v) is 4.31. The minimum atomic E-state index is -4.26. The molecule has 4 aromatic rings. The predicted molar refractivity (Wildman–Crippen MR) is 144 cm³/mol. The molecule has 0 fully saturated rings. The van der Waals surface area contributed by atoms with Crippen LogP contribution in [0.25, 0.3) is 11.6 Å². The summed E-state index contributed by atoms with van der Waals surface area (Å²) in [6.45, 7) is 5.72. The first-order valence-electron chi connectivity index (χ1n) is 11.7. The molecule has 4 rings (SSSR count). The predicted octanol–water partition coefficient (Wildman–Crippen LogP) is 4.24. The Bertz CT molecular complexity index is 1620. The highest BCUT2D eigenvalue weighted by Crippen LogP contribution is 2.41. The molecule has 11 nitrogen and oxygen atoms in total. The number of benzene rings is 1. The third kappa shape index (κ3) is 6.39. The van der Waals surface area contributed by atoms with E-state index in [1.807, 2.05) is 20.8 Å². The molecule has 0 aliphatic rings. The Balaban J connectivity index is 1.89. The van der Waals surface area contributed by atoms with E-state index in [0.29, 0.717) is 5.75 Å². The summed E-state index contributed by atoms with van der Waals surface area (Å²) in [6, 6.07) is 11.7. The molecule has 0 unspecified atom stereocenters. The highest BCUT2D eigenvalue weighted by molar-refractivity contribution is 7.92. The van der Waals surface area contributed by atoms with Gasteiger partial charge in [-0.15, -0.1) is 6.42 Å². The van der Waals surface area contributed by atoms with Crippen LogP contribution in [0.15, 0.2) is 66.1 Å². The maximum absolute atomic E-state index is 13.6. The average Bonchev–Trinajstić information content (AvgIpc) is 2.93. The third-order valence-corrected chi connectivity index (χ3v) is 6.52. The zero-order chi connectivity index (χ0) is 28.0. The van der Waals surface area contributed by atoms with Gasteiger partial charge in [0.1, 0.15) is 0 Å². The van der Waals surface area contributed by atoms with Crippen LogP contribution in [0, 0.1) is 12.3 Å². The second kappa shape index (κ2) is 11.3. The molecule has 0 saturated carbocycles. The van der Waals surface area contributed by atoms with Gasteiger partial charge in [0.05, 0.1) is 7.11 Å². The van der Waals surface area contributed by atoms with Crippen LogP contribution in [0.4, 0.5) is 5.82 Å². The molecule has 39 heavy (non-hydrogen) atoms. The van der Waals surface area contributed by atoms with Gasteiger partial charge in [-0.3, -0.25) is 4.72 Å². The summed E-state index contributed by atoms with van der Waals surface area (Å²) in [5.74, 6) is 2.57. The van der Waals surface area contributed by atoms with Gasteiger partial charge in [-0.25, -0.2) is 19.9 Å². The molecule has 3 aromatic heterocycles. The van der Waals surface area contributed by atoms with Crippen molar-refractivity contribution in [3.05, 3.63) is 66.6 Å². The zero-order valence-corrected chi connectivity index (χ0v) is 22.6. The number of methoxy groups -OCH3 is 1. The summed E-state index contributed by atoms with van der Waals surface area (Å²) < 4.78 is 46.7. The molecule has 0 saturated heterocycles. The highest BCUT2D eigenvalue weighted by Gasteiger charge is 2.27. The highest BCUT2D eigenvalue weighted by atomic mass is 32.2. The fraction of sp³-hybridized carbons (Fsp3) is 0.222. The summed E-state index contributed by atoms with van der Waals surface area (Å²) in [5, 5.41) is -0.208. The van der Waals surface area contributed by atoms with E-state index in [2.05, 4.69) is 35.6 Å². The summed E-state index contributed by atoms with van der Waals surface area (Å²) in [7, 11) is -2.79. The number of aromatic nitrogens is 5. The Kier molecular flexibility index (Phi) is 7.92. The summed E-state index contributed by atoms with van der Waals surface area (Å²) in [4.78, 5) is 21.2. The Morgan fingerprint density at radius 2 is 1.67 bits per heavy atom. The molecule has 3 heterocycles. The lowest BCUT2D eigenvalue weighted by Crippen LogP contribution is -2.19. The van der Waals surface area contributed by atoms with Crippen LogP contribution in [0.5, 0.6) is 23.1 Å². The largest absolute Gasteiger partial charge is 0.493 e. The molecule has 0 aliphatic heterocycles. The Labute approximate surface area is 226 Å². The number of anilines is 1. The standard InChI is InChI=1S/C27H26N6O5S/c1-6-16-37-26-22(38-20-11-8-7-10-19(20)36-5)23(31-25(32-26)24-29-13-9-14-30-24)33-39(34,35)21-17-18(12-15-28-21)27(2,3)4/h1,7-15,17H,16H2,2-5H3,(H,31,32,33). The van der Waals surface area contributed by atoms with E-state index in [4.69, 9.17) is 20.6 Å². The van der Waals surface area contributed by atoms with Crippen LogP contribution in [0.1, 0.15) is 26.3 Å². The number of nitrogens with zero attached hydrogens (tertiary/aromatic N) is 5. The number of para-hydroxylation sites is 2. The number of rotatable bonds is 9. The second-order valence-corrected chi connectivity index (χ2v) is 10.7. The van der Waals surface area contributed by atoms with Crippen molar-refractivity contribution in [2.75, 3.05) is 18.4 Å². The SMILES string of the molecule is C#CCOc1nc(-c2ncccn2)nc(NS(=O)(=O)c2cc(C(C)(C)C)ccn2)c1Oc1ccccc1OC. The van der Waals surface area contributed by atoms with E-state index in [9.17, 15) is 8.42 Å². The van der Waals surface area contributed by atoms with E-state index in [0.717, 1.165) is 5.56 Å². The number of hydrogen-bond donors (Lipinski definition) is 1. The van der Waals surface area contributed by atoms with Crippen molar-refractivity contribution in [2.45, 2.75) is 31.2 Å². The maximum Gasteiger partial charge on any atom is 0.280 e. The molecule has 0 aliphatic carbocycles. The zero-order valence-electron chi connectivity index (χ0n) is 21.7. The van der Waals surface area contributed by atoms with Crippen molar-refractivity contribution in [3.63, 3.8) is 0 Å². The van der Waals surface area contributed by atoms with E-state index in [1.165, 1.54) is 31.8 Å². The lowest BCUT2D eigenvalue weighted by molar-refractivity contribution is 0.325. The van der Waals surface area contributed by atoms with Crippen LogP contribution >= 0.6 is 0 Å². The summed E-state index contributed by atoms with van der Waals surface area (Å²) in [5.41, 5.74) is 0.469.